The number of nitrogens with zero attached hydrogens (tertiary/aromatic N) is 3. The van der Waals surface area contributed by atoms with E-state index in [1.807, 2.05) is 0 Å². The summed E-state index contributed by atoms with van der Waals surface area (Å²) >= 11 is 3.99. The number of ether oxygens (including phenoxy) is 1. The van der Waals surface area contributed by atoms with Gasteiger partial charge in [0.05, 0.1) is 11.5 Å². The minimum Gasteiger partial charge on any atom is -0.464 e. The zero-order valence-electron chi connectivity index (χ0n) is 12.3. The van der Waals surface area contributed by atoms with Crippen LogP contribution in [-0.4, -0.2) is 45.0 Å². The van der Waals surface area contributed by atoms with E-state index in [4.69, 9.17) is 4.74 Å². The SMILES string of the molecule is CCOC(=O)[C@H](CS)NC(=O)CCn1cc([N+](=O)[O-])c(C)n1. The fourth-order valence-corrected chi connectivity index (χ4v) is 1.95. The molecule has 122 valence electrons. The van der Waals surface area contributed by atoms with Crippen molar-refractivity contribution in [3.63, 3.8) is 0 Å². The van der Waals surface area contributed by atoms with Crippen LogP contribution in [0.2, 0.25) is 0 Å². The number of thiol groups is 1. The molecule has 0 aromatic carbocycles. The first-order chi connectivity index (χ1) is 10.4. The molecule has 22 heavy (non-hydrogen) atoms. The molecule has 1 aromatic rings. The number of aromatic nitrogens is 2. The molecule has 1 aromatic heterocycles. The molecule has 0 saturated heterocycles. The second-order valence-corrected chi connectivity index (χ2v) is 4.79. The minimum atomic E-state index is -0.815. The maximum Gasteiger partial charge on any atom is 0.329 e. The zero-order chi connectivity index (χ0) is 16.7. The number of hydrogen-bond donors (Lipinski definition) is 2. The molecule has 1 amide bonds. The number of carbonyl (C=O) groups excluding carboxylic acids is 2. The normalized spacial score (nSPS) is 11.8. The summed E-state index contributed by atoms with van der Waals surface area (Å²) < 4.78 is 6.14. The molecule has 10 heteroatoms. The number of amides is 1. The van der Waals surface area contributed by atoms with Gasteiger partial charge in [-0.05, 0) is 13.8 Å². The van der Waals surface area contributed by atoms with Crippen molar-refractivity contribution in [2.45, 2.75) is 32.9 Å². The number of carbonyl (C=O) groups is 2. The summed E-state index contributed by atoms with van der Waals surface area (Å²) in [5.41, 5.74) is 0.185. The van der Waals surface area contributed by atoms with Gasteiger partial charge < -0.3 is 10.1 Å². The van der Waals surface area contributed by atoms with Crippen molar-refractivity contribution < 1.29 is 19.2 Å². The lowest BCUT2D eigenvalue weighted by molar-refractivity contribution is -0.385. The molecule has 0 unspecified atom stereocenters. The first-order valence-electron chi connectivity index (χ1n) is 6.64. The van der Waals surface area contributed by atoms with Gasteiger partial charge in [-0.15, -0.1) is 0 Å². The lowest BCUT2D eigenvalue weighted by atomic mass is 10.3. The van der Waals surface area contributed by atoms with Gasteiger partial charge in [0.1, 0.15) is 17.9 Å². The van der Waals surface area contributed by atoms with Crippen molar-refractivity contribution in [1.29, 1.82) is 0 Å². The molecule has 1 heterocycles. The van der Waals surface area contributed by atoms with E-state index >= 15 is 0 Å². The lowest BCUT2D eigenvalue weighted by Gasteiger charge is -2.14. The van der Waals surface area contributed by atoms with Crippen LogP contribution in [0.15, 0.2) is 6.20 Å². The Kier molecular flexibility index (Phi) is 6.83. The average molecular weight is 330 g/mol. The molecular weight excluding hydrogens is 312 g/mol. The van der Waals surface area contributed by atoms with Gasteiger partial charge >= 0.3 is 11.7 Å². The molecule has 0 aliphatic rings. The molecular formula is C12H18N4O5S. The summed E-state index contributed by atoms with van der Waals surface area (Å²) in [5, 5.41) is 17.2. The van der Waals surface area contributed by atoms with E-state index in [0.717, 1.165) is 0 Å². The van der Waals surface area contributed by atoms with Gasteiger partial charge in [0.15, 0.2) is 0 Å². The molecule has 0 radical (unpaired) electrons. The Morgan fingerprint density at radius 3 is 2.77 bits per heavy atom. The molecule has 9 nitrogen and oxygen atoms in total. The highest BCUT2D eigenvalue weighted by Crippen LogP contribution is 2.15. The Bertz CT molecular complexity index is 560. The van der Waals surface area contributed by atoms with Gasteiger partial charge in [-0.3, -0.25) is 19.6 Å². The summed E-state index contributed by atoms with van der Waals surface area (Å²) in [7, 11) is 0. The molecule has 0 bridgehead atoms. The third kappa shape index (κ3) is 5.02. The van der Waals surface area contributed by atoms with Crippen LogP contribution in [0.25, 0.3) is 0 Å². The number of nitrogens with one attached hydrogen (secondary N) is 1. The third-order valence-electron chi connectivity index (χ3n) is 2.77. The van der Waals surface area contributed by atoms with Crippen molar-refractivity contribution in [2.75, 3.05) is 12.4 Å². The largest absolute Gasteiger partial charge is 0.464 e. The molecule has 0 fully saturated rings. The van der Waals surface area contributed by atoms with Crippen molar-refractivity contribution in [3.8, 4) is 0 Å². The fraction of sp³-hybridized carbons (Fsp3) is 0.583. The monoisotopic (exact) mass is 330 g/mol. The van der Waals surface area contributed by atoms with Crippen molar-refractivity contribution in [1.82, 2.24) is 15.1 Å². The Balaban J connectivity index is 2.53. The second-order valence-electron chi connectivity index (χ2n) is 4.42. The number of hydrogen-bond acceptors (Lipinski definition) is 7. The quantitative estimate of drug-likeness (QED) is 0.310. The van der Waals surface area contributed by atoms with Crippen LogP contribution >= 0.6 is 12.6 Å². The smallest absolute Gasteiger partial charge is 0.329 e. The highest BCUT2D eigenvalue weighted by molar-refractivity contribution is 7.80. The van der Waals surface area contributed by atoms with Crippen LogP contribution in [0, 0.1) is 17.0 Å². The fourth-order valence-electron chi connectivity index (χ4n) is 1.71. The van der Waals surface area contributed by atoms with E-state index in [0.29, 0.717) is 0 Å². The molecule has 0 aliphatic heterocycles. The topological polar surface area (TPSA) is 116 Å². The number of esters is 1. The highest BCUT2D eigenvalue weighted by Gasteiger charge is 2.21. The minimum absolute atomic E-state index is 0.0297. The van der Waals surface area contributed by atoms with Gasteiger partial charge in [-0.2, -0.15) is 17.7 Å². The summed E-state index contributed by atoms with van der Waals surface area (Å²) in [6.07, 6.45) is 1.30. The van der Waals surface area contributed by atoms with Gasteiger partial charge in [0, 0.05) is 18.7 Å². The van der Waals surface area contributed by atoms with E-state index in [1.165, 1.54) is 17.8 Å². The van der Waals surface area contributed by atoms with E-state index in [9.17, 15) is 19.7 Å². The maximum atomic E-state index is 11.8. The Hall–Kier alpha value is -2.10. The Labute approximate surface area is 132 Å². The standard InChI is InChI=1S/C12H18N4O5S/c1-3-21-12(18)9(7-22)13-11(17)4-5-15-6-10(16(19)20)8(2)14-15/h6,9,22H,3-5,7H2,1-2H3,(H,13,17)/t9-/m0/s1. The van der Waals surface area contributed by atoms with Gasteiger partial charge in [0.25, 0.3) is 0 Å². The van der Waals surface area contributed by atoms with E-state index in [-0.39, 0.29) is 42.6 Å². The van der Waals surface area contributed by atoms with Crippen molar-refractivity contribution >= 4 is 30.2 Å². The molecule has 1 atom stereocenters. The Morgan fingerprint density at radius 1 is 1.59 bits per heavy atom. The van der Waals surface area contributed by atoms with Crippen LogP contribution in [0.1, 0.15) is 19.0 Å². The number of aryl methyl sites for hydroxylation is 2. The van der Waals surface area contributed by atoms with Crippen LogP contribution in [-0.2, 0) is 20.9 Å². The van der Waals surface area contributed by atoms with E-state index in [1.54, 1.807) is 6.92 Å². The third-order valence-corrected chi connectivity index (χ3v) is 3.14. The molecule has 0 aliphatic carbocycles. The summed E-state index contributed by atoms with van der Waals surface area (Å²) in [5.74, 6) is -0.809. The second kappa shape index (κ2) is 8.37. The van der Waals surface area contributed by atoms with Crippen LogP contribution < -0.4 is 5.32 Å². The van der Waals surface area contributed by atoms with Gasteiger partial charge in [-0.1, -0.05) is 0 Å². The molecule has 1 rings (SSSR count). The van der Waals surface area contributed by atoms with Crippen LogP contribution in [0.5, 0.6) is 0 Å². The summed E-state index contributed by atoms with van der Waals surface area (Å²) in [4.78, 5) is 33.5. The molecule has 1 N–H and O–H groups in total. The summed E-state index contributed by atoms with van der Waals surface area (Å²) in [6.45, 7) is 3.58. The average Bonchev–Trinajstić information content (AvgIpc) is 2.84. The first kappa shape index (κ1) is 18.0. The number of rotatable bonds is 8. The predicted octanol–water partition coefficient (Wildman–Crippen LogP) is 0.468. The van der Waals surface area contributed by atoms with Crippen molar-refractivity contribution in [3.05, 3.63) is 22.0 Å². The van der Waals surface area contributed by atoms with E-state index < -0.39 is 16.9 Å². The van der Waals surface area contributed by atoms with Crippen molar-refractivity contribution in [2.24, 2.45) is 0 Å². The maximum absolute atomic E-state index is 11.8. The Morgan fingerprint density at radius 2 is 2.27 bits per heavy atom. The van der Waals surface area contributed by atoms with Gasteiger partial charge in [-0.25, -0.2) is 4.79 Å². The zero-order valence-corrected chi connectivity index (χ0v) is 13.2. The lowest BCUT2D eigenvalue weighted by Crippen LogP contribution is -2.43. The molecule has 0 saturated carbocycles. The van der Waals surface area contributed by atoms with Crippen LogP contribution in [0.4, 0.5) is 5.69 Å². The van der Waals surface area contributed by atoms with E-state index in [2.05, 4.69) is 23.0 Å². The summed E-state index contributed by atoms with van der Waals surface area (Å²) in [6, 6.07) is -0.815. The first-order valence-corrected chi connectivity index (χ1v) is 7.27. The molecule has 0 spiro atoms. The number of nitro groups is 1. The van der Waals surface area contributed by atoms with Crippen LogP contribution in [0.3, 0.4) is 0 Å². The van der Waals surface area contributed by atoms with Gasteiger partial charge in [0.2, 0.25) is 5.91 Å². The highest BCUT2D eigenvalue weighted by atomic mass is 32.1. The predicted molar refractivity (Wildman–Crippen MR) is 80.7 cm³/mol.